The number of carbonyl (C=O) groups excluding carboxylic acids is 3. The van der Waals surface area contributed by atoms with Gasteiger partial charge in [0.25, 0.3) is 5.91 Å². The molecular weight excluding hydrogens is 312 g/mol. The average Bonchev–Trinajstić information content (AvgIpc) is 2.57. The zero-order valence-electron chi connectivity index (χ0n) is 14.5. The summed E-state index contributed by atoms with van der Waals surface area (Å²) in [5, 5.41) is 2.65. The highest BCUT2D eigenvalue weighted by atomic mass is 16.5. The maximum Gasteiger partial charge on any atom is 0.260 e. The standard InChI is InChI=1S/C17H24N2O5/c1-5-18-16(21)10-19(6-2)17(22)11-24-14-8-7-13(12(3)20)9-15(14)23-4/h7-9H,5-6,10-11H2,1-4H3,(H,18,21). The van der Waals surface area contributed by atoms with Gasteiger partial charge in [0, 0.05) is 18.7 Å². The van der Waals surface area contributed by atoms with Gasteiger partial charge in [0.05, 0.1) is 13.7 Å². The van der Waals surface area contributed by atoms with Crippen LogP contribution in [0.4, 0.5) is 0 Å². The monoisotopic (exact) mass is 336 g/mol. The fourth-order valence-corrected chi connectivity index (χ4v) is 2.04. The highest BCUT2D eigenvalue weighted by Crippen LogP contribution is 2.28. The highest BCUT2D eigenvalue weighted by Gasteiger charge is 2.17. The SMILES string of the molecule is CCNC(=O)CN(CC)C(=O)COc1ccc(C(C)=O)cc1OC. The van der Waals surface area contributed by atoms with Crippen molar-refractivity contribution in [1.29, 1.82) is 0 Å². The summed E-state index contributed by atoms with van der Waals surface area (Å²) in [6.45, 7) is 5.76. The van der Waals surface area contributed by atoms with E-state index in [0.717, 1.165) is 0 Å². The summed E-state index contributed by atoms with van der Waals surface area (Å²) >= 11 is 0. The Bertz CT molecular complexity index is 601. The normalized spacial score (nSPS) is 10.0. The molecule has 0 aliphatic rings. The first-order valence-corrected chi connectivity index (χ1v) is 7.79. The second kappa shape index (κ2) is 9.54. The number of amides is 2. The third-order valence-corrected chi connectivity index (χ3v) is 3.36. The number of methoxy groups -OCH3 is 1. The van der Waals surface area contributed by atoms with Gasteiger partial charge in [0.15, 0.2) is 23.9 Å². The van der Waals surface area contributed by atoms with Gasteiger partial charge in [0.1, 0.15) is 0 Å². The molecule has 0 heterocycles. The molecular formula is C17H24N2O5. The van der Waals surface area contributed by atoms with Crippen molar-refractivity contribution in [2.75, 3.05) is 33.4 Å². The van der Waals surface area contributed by atoms with Crippen LogP contribution in [0.5, 0.6) is 11.5 Å². The van der Waals surface area contributed by atoms with E-state index in [1.54, 1.807) is 25.1 Å². The van der Waals surface area contributed by atoms with Gasteiger partial charge >= 0.3 is 0 Å². The zero-order valence-corrected chi connectivity index (χ0v) is 14.5. The van der Waals surface area contributed by atoms with E-state index in [-0.39, 0.29) is 30.7 Å². The highest BCUT2D eigenvalue weighted by molar-refractivity contribution is 5.94. The second-order valence-electron chi connectivity index (χ2n) is 5.07. The van der Waals surface area contributed by atoms with E-state index in [4.69, 9.17) is 9.47 Å². The summed E-state index contributed by atoms with van der Waals surface area (Å²) in [7, 11) is 1.46. The van der Waals surface area contributed by atoms with Crippen LogP contribution in [0, 0.1) is 0 Å². The summed E-state index contributed by atoms with van der Waals surface area (Å²) in [5.74, 6) is 0.139. The number of hydrogen-bond donors (Lipinski definition) is 1. The number of ketones is 1. The van der Waals surface area contributed by atoms with Crippen molar-refractivity contribution in [1.82, 2.24) is 10.2 Å². The summed E-state index contributed by atoms with van der Waals surface area (Å²) in [4.78, 5) is 36.6. The minimum absolute atomic E-state index is 0.00700. The molecule has 0 unspecified atom stereocenters. The Balaban J connectivity index is 2.71. The van der Waals surface area contributed by atoms with Crippen molar-refractivity contribution < 1.29 is 23.9 Å². The van der Waals surface area contributed by atoms with Gasteiger partial charge in [-0.25, -0.2) is 0 Å². The van der Waals surface area contributed by atoms with Crippen molar-refractivity contribution in [2.24, 2.45) is 0 Å². The minimum atomic E-state index is -0.304. The lowest BCUT2D eigenvalue weighted by atomic mass is 10.1. The van der Waals surface area contributed by atoms with Crippen LogP contribution in [0.2, 0.25) is 0 Å². The van der Waals surface area contributed by atoms with E-state index in [0.29, 0.717) is 30.2 Å². The molecule has 0 spiro atoms. The summed E-state index contributed by atoms with van der Waals surface area (Å²) in [6, 6.07) is 4.76. The second-order valence-corrected chi connectivity index (χ2v) is 5.07. The molecule has 24 heavy (non-hydrogen) atoms. The lowest BCUT2D eigenvalue weighted by Crippen LogP contribution is -2.42. The Labute approximate surface area is 141 Å². The number of benzene rings is 1. The van der Waals surface area contributed by atoms with Crippen molar-refractivity contribution in [3.8, 4) is 11.5 Å². The molecule has 1 rings (SSSR count). The molecule has 0 saturated carbocycles. The molecule has 0 atom stereocenters. The number of likely N-dealkylation sites (N-methyl/N-ethyl adjacent to an activating group) is 2. The van der Waals surface area contributed by atoms with Gasteiger partial charge in [-0.15, -0.1) is 0 Å². The van der Waals surface area contributed by atoms with Crippen molar-refractivity contribution in [3.63, 3.8) is 0 Å². The smallest absolute Gasteiger partial charge is 0.260 e. The van der Waals surface area contributed by atoms with Crippen LogP contribution >= 0.6 is 0 Å². The van der Waals surface area contributed by atoms with Crippen LogP contribution in [0.15, 0.2) is 18.2 Å². The van der Waals surface area contributed by atoms with Gasteiger partial charge in [-0.1, -0.05) is 0 Å². The van der Waals surface area contributed by atoms with E-state index >= 15 is 0 Å². The van der Waals surface area contributed by atoms with Gasteiger partial charge in [-0.3, -0.25) is 14.4 Å². The summed E-state index contributed by atoms with van der Waals surface area (Å²) < 4.78 is 10.7. The summed E-state index contributed by atoms with van der Waals surface area (Å²) in [5.41, 5.74) is 0.497. The first-order valence-electron chi connectivity index (χ1n) is 7.79. The Hall–Kier alpha value is -2.57. The Morgan fingerprint density at radius 2 is 1.88 bits per heavy atom. The van der Waals surface area contributed by atoms with Gasteiger partial charge in [-0.2, -0.15) is 0 Å². The first-order chi connectivity index (χ1) is 11.4. The van der Waals surface area contributed by atoms with Crippen LogP contribution in [-0.4, -0.2) is 55.8 Å². The molecule has 0 aliphatic heterocycles. The average molecular weight is 336 g/mol. The fraction of sp³-hybridized carbons (Fsp3) is 0.471. The van der Waals surface area contributed by atoms with Gasteiger partial charge in [-0.05, 0) is 39.0 Å². The molecule has 0 saturated heterocycles. The third kappa shape index (κ3) is 5.57. The van der Waals surface area contributed by atoms with E-state index in [9.17, 15) is 14.4 Å². The summed E-state index contributed by atoms with van der Waals surface area (Å²) in [6.07, 6.45) is 0. The molecule has 1 aromatic rings. The molecule has 1 aromatic carbocycles. The van der Waals surface area contributed by atoms with Crippen molar-refractivity contribution >= 4 is 17.6 Å². The quantitative estimate of drug-likeness (QED) is 0.686. The van der Waals surface area contributed by atoms with Crippen LogP contribution in [0.3, 0.4) is 0 Å². The number of ether oxygens (including phenoxy) is 2. The third-order valence-electron chi connectivity index (χ3n) is 3.36. The Kier molecular flexibility index (Phi) is 7.74. The Morgan fingerprint density at radius 3 is 2.42 bits per heavy atom. The molecule has 0 fully saturated rings. The van der Waals surface area contributed by atoms with Crippen molar-refractivity contribution in [3.05, 3.63) is 23.8 Å². The molecule has 132 valence electrons. The molecule has 7 heteroatoms. The van der Waals surface area contributed by atoms with Crippen LogP contribution in [0.1, 0.15) is 31.1 Å². The predicted octanol–water partition coefficient (Wildman–Crippen LogP) is 1.26. The largest absolute Gasteiger partial charge is 0.493 e. The molecule has 0 aliphatic carbocycles. The Morgan fingerprint density at radius 1 is 1.17 bits per heavy atom. The van der Waals surface area contributed by atoms with E-state index in [1.165, 1.54) is 18.9 Å². The van der Waals surface area contributed by atoms with Crippen molar-refractivity contribution in [2.45, 2.75) is 20.8 Å². The van der Waals surface area contributed by atoms with Crippen LogP contribution in [0.25, 0.3) is 0 Å². The lowest BCUT2D eigenvalue weighted by molar-refractivity contribution is -0.137. The lowest BCUT2D eigenvalue weighted by Gasteiger charge is -2.20. The number of nitrogens with zero attached hydrogens (tertiary/aromatic N) is 1. The topological polar surface area (TPSA) is 84.9 Å². The molecule has 0 aromatic heterocycles. The number of rotatable bonds is 9. The van der Waals surface area contributed by atoms with E-state index < -0.39 is 0 Å². The van der Waals surface area contributed by atoms with Gasteiger partial charge in [0.2, 0.25) is 5.91 Å². The maximum atomic E-state index is 12.2. The number of Topliss-reactive ketones (excluding diaryl/α,β-unsaturated/α-hetero) is 1. The van der Waals surface area contributed by atoms with Crippen LogP contribution < -0.4 is 14.8 Å². The van der Waals surface area contributed by atoms with Crippen LogP contribution in [-0.2, 0) is 9.59 Å². The van der Waals surface area contributed by atoms with E-state index in [2.05, 4.69) is 5.32 Å². The van der Waals surface area contributed by atoms with E-state index in [1.807, 2.05) is 6.92 Å². The number of nitrogens with one attached hydrogen (secondary N) is 1. The molecule has 1 N–H and O–H groups in total. The predicted molar refractivity (Wildman–Crippen MR) is 89.4 cm³/mol. The fourth-order valence-electron chi connectivity index (χ4n) is 2.04. The molecule has 2 amide bonds. The zero-order chi connectivity index (χ0) is 18.1. The first kappa shape index (κ1) is 19.5. The minimum Gasteiger partial charge on any atom is -0.493 e. The maximum absolute atomic E-state index is 12.2. The molecule has 0 radical (unpaired) electrons. The number of carbonyl (C=O) groups is 3. The molecule has 0 bridgehead atoms. The molecule has 7 nitrogen and oxygen atoms in total. The number of hydrogen-bond acceptors (Lipinski definition) is 5. The van der Waals surface area contributed by atoms with Gasteiger partial charge < -0.3 is 19.7 Å².